The van der Waals surface area contributed by atoms with E-state index in [-0.39, 0.29) is 36.0 Å². The Morgan fingerprint density at radius 3 is 2.46 bits per heavy atom. The van der Waals surface area contributed by atoms with Crippen LogP contribution in [0.15, 0.2) is 22.6 Å². The van der Waals surface area contributed by atoms with E-state index in [2.05, 4.69) is 10.3 Å². The summed E-state index contributed by atoms with van der Waals surface area (Å²) in [7, 11) is 1.59. The second-order valence-corrected chi connectivity index (χ2v) is 6.69. The van der Waals surface area contributed by atoms with Gasteiger partial charge in [0.2, 0.25) is 5.88 Å². The number of hydrogen-bond acceptors (Lipinski definition) is 9. The van der Waals surface area contributed by atoms with Gasteiger partial charge >= 0.3 is 11.9 Å². The minimum absolute atomic E-state index is 0.00497. The predicted octanol–water partition coefficient (Wildman–Crippen LogP) is 4.30. The quantitative estimate of drug-likeness (QED) is 0.582. The van der Waals surface area contributed by atoms with Crippen molar-refractivity contribution >= 4 is 44.5 Å². The number of rotatable bonds is 7. The van der Waals surface area contributed by atoms with Crippen LogP contribution in [0, 0.1) is 6.92 Å². The molecule has 0 radical (unpaired) electrons. The number of aryl methyl sites for hydroxylation is 1. The second-order valence-electron chi connectivity index (χ2n) is 5.66. The number of benzene rings is 1. The van der Waals surface area contributed by atoms with Crippen molar-refractivity contribution in [2.45, 2.75) is 20.8 Å². The number of nitrogens with zero attached hydrogens (tertiary/aromatic N) is 1. The van der Waals surface area contributed by atoms with Crippen molar-refractivity contribution in [3.63, 3.8) is 0 Å². The van der Waals surface area contributed by atoms with Crippen LogP contribution in [0.4, 0.5) is 11.0 Å². The number of methoxy groups -OCH3 is 1. The highest BCUT2D eigenvalue weighted by Gasteiger charge is 2.31. The smallest absolute Gasteiger partial charge is 0.344 e. The van der Waals surface area contributed by atoms with Crippen LogP contribution in [0.5, 0.6) is 5.75 Å². The van der Waals surface area contributed by atoms with Gasteiger partial charge in [-0.05, 0) is 39.0 Å². The summed E-state index contributed by atoms with van der Waals surface area (Å²) >= 11 is 1.36. The molecule has 0 unspecified atom stereocenters. The van der Waals surface area contributed by atoms with Crippen molar-refractivity contribution in [3.8, 4) is 5.75 Å². The Kier molecular flexibility index (Phi) is 5.84. The second kappa shape index (κ2) is 8.30. The standard InChI is InChI=1S/C19H20N2O6S/c1-5-25-17(22)14-10(3)27-16(15(14)18(23)26-6-2)21-19-20-12-8-7-11(24-4)9-13(12)28-19/h7-9H,5-6H2,1-4H3,(H,20,21). The first-order chi connectivity index (χ1) is 13.5. The first-order valence-corrected chi connectivity index (χ1v) is 9.49. The molecule has 28 heavy (non-hydrogen) atoms. The van der Waals surface area contributed by atoms with Crippen LogP contribution in [0.1, 0.15) is 40.3 Å². The van der Waals surface area contributed by atoms with Gasteiger partial charge in [0.05, 0.1) is 30.5 Å². The molecule has 0 fully saturated rings. The van der Waals surface area contributed by atoms with Gasteiger partial charge in [-0.25, -0.2) is 14.6 Å². The lowest BCUT2D eigenvalue weighted by atomic mass is 10.1. The number of esters is 2. The van der Waals surface area contributed by atoms with E-state index in [1.807, 2.05) is 18.2 Å². The van der Waals surface area contributed by atoms with Gasteiger partial charge < -0.3 is 23.9 Å². The fourth-order valence-electron chi connectivity index (χ4n) is 2.66. The fraction of sp³-hybridized carbons (Fsp3) is 0.316. The van der Waals surface area contributed by atoms with Gasteiger partial charge in [0.15, 0.2) is 5.13 Å². The van der Waals surface area contributed by atoms with Crippen LogP contribution in [0.2, 0.25) is 0 Å². The SMILES string of the molecule is CCOC(=O)c1c(C)oc(Nc2nc3ccc(OC)cc3s2)c1C(=O)OCC. The van der Waals surface area contributed by atoms with E-state index in [1.165, 1.54) is 11.3 Å². The van der Waals surface area contributed by atoms with Gasteiger partial charge in [-0.15, -0.1) is 0 Å². The summed E-state index contributed by atoms with van der Waals surface area (Å²) in [5.41, 5.74) is 0.806. The molecule has 8 nitrogen and oxygen atoms in total. The van der Waals surface area contributed by atoms with Crippen molar-refractivity contribution < 1.29 is 28.2 Å². The molecule has 1 aromatic carbocycles. The maximum absolute atomic E-state index is 12.5. The molecular weight excluding hydrogens is 384 g/mol. The molecule has 0 spiro atoms. The van der Waals surface area contributed by atoms with Crippen LogP contribution in [-0.2, 0) is 9.47 Å². The molecule has 0 saturated heterocycles. The van der Waals surface area contributed by atoms with Crippen LogP contribution in [0.3, 0.4) is 0 Å². The first-order valence-electron chi connectivity index (χ1n) is 8.67. The highest BCUT2D eigenvalue weighted by atomic mass is 32.1. The van der Waals surface area contributed by atoms with Gasteiger partial charge in [0, 0.05) is 0 Å². The Morgan fingerprint density at radius 2 is 1.82 bits per heavy atom. The predicted molar refractivity (Wildman–Crippen MR) is 105 cm³/mol. The van der Waals surface area contributed by atoms with Crippen LogP contribution < -0.4 is 10.1 Å². The number of hydrogen-bond donors (Lipinski definition) is 1. The van der Waals surface area contributed by atoms with Gasteiger partial charge in [-0.2, -0.15) is 0 Å². The molecule has 0 saturated carbocycles. The highest BCUT2D eigenvalue weighted by molar-refractivity contribution is 7.22. The lowest BCUT2D eigenvalue weighted by Gasteiger charge is -2.06. The van der Waals surface area contributed by atoms with Crippen molar-refractivity contribution in [1.29, 1.82) is 0 Å². The Bertz CT molecular complexity index is 1020. The number of carbonyl (C=O) groups excluding carboxylic acids is 2. The zero-order chi connectivity index (χ0) is 20.3. The number of anilines is 2. The number of thiazole rings is 1. The number of nitrogens with one attached hydrogen (secondary N) is 1. The van der Waals surface area contributed by atoms with E-state index in [0.29, 0.717) is 10.9 Å². The third-order valence-electron chi connectivity index (χ3n) is 3.86. The Hall–Kier alpha value is -3.07. The Morgan fingerprint density at radius 1 is 1.14 bits per heavy atom. The molecule has 0 amide bonds. The summed E-state index contributed by atoms with van der Waals surface area (Å²) in [6, 6.07) is 5.51. The molecule has 0 aliphatic rings. The van der Waals surface area contributed by atoms with Crippen molar-refractivity contribution in [3.05, 3.63) is 35.1 Å². The molecule has 148 valence electrons. The number of fused-ring (bicyclic) bond motifs is 1. The van der Waals surface area contributed by atoms with E-state index >= 15 is 0 Å². The van der Waals surface area contributed by atoms with Crippen molar-refractivity contribution in [2.75, 3.05) is 25.6 Å². The molecule has 0 aliphatic carbocycles. The van der Waals surface area contributed by atoms with Gasteiger partial charge in [0.25, 0.3) is 0 Å². The highest BCUT2D eigenvalue weighted by Crippen LogP contribution is 2.35. The van der Waals surface area contributed by atoms with E-state index in [1.54, 1.807) is 27.9 Å². The average molecular weight is 404 g/mol. The van der Waals surface area contributed by atoms with E-state index < -0.39 is 11.9 Å². The largest absolute Gasteiger partial charge is 0.497 e. The van der Waals surface area contributed by atoms with E-state index in [4.69, 9.17) is 18.6 Å². The zero-order valence-electron chi connectivity index (χ0n) is 16.0. The number of ether oxygens (including phenoxy) is 3. The van der Waals surface area contributed by atoms with Gasteiger partial charge in [-0.3, -0.25) is 0 Å². The van der Waals surface area contributed by atoms with Crippen molar-refractivity contribution in [1.82, 2.24) is 4.98 Å². The normalized spacial score (nSPS) is 10.7. The third kappa shape index (κ3) is 3.79. The van der Waals surface area contributed by atoms with Gasteiger partial charge in [-0.1, -0.05) is 11.3 Å². The molecule has 0 bridgehead atoms. The van der Waals surface area contributed by atoms with Crippen LogP contribution in [0.25, 0.3) is 10.2 Å². The summed E-state index contributed by atoms with van der Waals surface area (Å²) in [5.74, 6) is -0.258. The lowest BCUT2D eigenvalue weighted by molar-refractivity contribution is 0.0480. The molecule has 0 aliphatic heterocycles. The molecule has 9 heteroatoms. The maximum atomic E-state index is 12.5. The number of furan rings is 1. The Labute approximate surface area is 165 Å². The monoisotopic (exact) mass is 404 g/mol. The molecule has 3 aromatic rings. The fourth-order valence-corrected chi connectivity index (χ4v) is 3.55. The topological polar surface area (TPSA) is 99.9 Å². The molecule has 0 atom stereocenters. The third-order valence-corrected chi connectivity index (χ3v) is 4.79. The molecule has 2 aromatic heterocycles. The molecule has 3 rings (SSSR count). The van der Waals surface area contributed by atoms with Gasteiger partial charge in [0.1, 0.15) is 22.6 Å². The van der Waals surface area contributed by atoms with Crippen LogP contribution >= 0.6 is 11.3 Å². The molecular formula is C19H20N2O6S. The first kappa shape index (κ1) is 19.7. The summed E-state index contributed by atoms with van der Waals surface area (Å²) in [5, 5.41) is 3.49. The minimum atomic E-state index is -0.673. The number of carbonyl (C=O) groups is 2. The summed E-state index contributed by atoms with van der Waals surface area (Å²) in [6.45, 7) is 5.29. The van der Waals surface area contributed by atoms with E-state index in [0.717, 1.165) is 10.2 Å². The average Bonchev–Trinajstić information content (AvgIpc) is 3.21. The minimum Gasteiger partial charge on any atom is -0.497 e. The number of aromatic nitrogens is 1. The molecule has 2 heterocycles. The van der Waals surface area contributed by atoms with Crippen LogP contribution in [-0.4, -0.2) is 37.2 Å². The molecule has 1 N–H and O–H groups in total. The Balaban J connectivity index is 2.02. The zero-order valence-corrected chi connectivity index (χ0v) is 16.8. The summed E-state index contributed by atoms with van der Waals surface area (Å²) in [4.78, 5) is 29.3. The maximum Gasteiger partial charge on any atom is 0.344 e. The summed E-state index contributed by atoms with van der Waals surface area (Å²) in [6.07, 6.45) is 0. The van der Waals surface area contributed by atoms with Crippen molar-refractivity contribution in [2.24, 2.45) is 0 Å². The summed E-state index contributed by atoms with van der Waals surface area (Å²) < 4.78 is 21.9. The van der Waals surface area contributed by atoms with E-state index in [9.17, 15) is 9.59 Å². The lowest BCUT2D eigenvalue weighted by Crippen LogP contribution is -2.14.